The molecule has 0 fully saturated rings. The first-order valence-electron chi connectivity index (χ1n) is 13.0. The van der Waals surface area contributed by atoms with Gasteiger partial charge in [0.15, 0.2) is 0 Å². The first-order valence-corrected chi connectivity index (χ1v) is 15.7. The normalized spacial score (nSPS) is 14.1. The molecule has 0 N–H and O–H groups in total. The third kappa shape index (κ3) is 5.52. The Bertz CT molecular complexity index is 1020. The molecule has 0 amide bonds. The van der Waals surface area contributed by atoms with Crippen LogP contribution in [0.4, 0.5) is 0 Å². The first-order chi connectivity index (χ1) is 17.2. The Kier molecular flexibility index (Phi) is 8.50. The summed E-state index contributed by atoms with van der Waals surface area (Å²) < 4.78 is 0. The average molecular weight is 511 g/mol. The Morgan fingerprint density at radius 1 is 0.389 bits per heavy atom. The Morgan fingerprint density at radius 3 is 0.778 bits per heavy atom. The highest BCUT2D eigenvalue weighted by Crippen LogP contribution is 2.59. The molecule has 0 bridgehead atoms. The van der Waals surface area contributed by atoms with Gasteiger partial charge in [-0.15, -0.1) is 0 Å². The molecular formula is C34H40P2. The van der Waals surface area contributed by atoms with E-state index in [2.05, 4.69) is 163 Å². The van der Waals surface area contributed by atoms with E-state index in [1.54, 1.807) is 0 Å². The fraction of sp³-hybridized carbons (Fsp3) is 0.294. The SMILES string of the molecule is CC(C(C)C(C)(C)P(c1ccccc1)c1ccccc1)C(C)(C)P(c1ccccc1)c1ccccc1. The van der Waals surface area contributed by atoms with E-state index in [-0.39, 0.29) is 10.3 Å². The fourth-order valence-corrected chi connectivity index (χ4v) is 12.0. The molecule has 2 atom stereocenters. The van der Waals surface area contributed by atoms with Gasteiger partial charge in [0.25, 0.3) is 0 Å². The van der Waals surface area contributed by atoms with Crippen LogP contribution in [0.5, 0.6) is 0 Å². The van der Waals surface area contributed by atoms with Crippen LogP contribution in [0.25, 0.3) is 0 Å². The van der Waals surface area contributed by atoms with Gasteiger partial charge in [0.05, 0.1) is 0 Å². The van der Waals surface area contributed by atoms with Crippen LogP contribution < -0.4 is 21.2 Å². The maximum atomic E-state index is 2.52. The van der Waals surface area contributed by atoms with Crippen molar-refractivity contribution in [1.82, 2.24) is 0 Å². The number of benzene rings is 4. The van der Waals surface area contributed by atoms with E-state index in [0.29, 0.717) is 11.8 Å². The zero-order chi connectivity index (χ0) is 25.8. The van der Waals surface area contributed by atoms with Crippen molar-refractivity contribution in [2.75, 3.05) is 0 Å². The molecule has 4 aromatic rings. The Labute approximate surface area is 221 Å². The van der Waals surface area contributed by atoms with Crippen LogP contribution in [0.1, 0.15) is 41.5 Å². The van der Waals surface area contributed by atoms with Crippen LogP contribution in [0.15, 0.2) is 121 Å². The molecule has 0 aromatic heterocycles. The van der Waals surface area contributed by atoms with Gasteiger partial charge in [0, 0.05) is 0 Å². The van der Waals surface area contributed by atoms with E-state index in [4.69, 9.17) is 0 Å². The minimum atomic E-state index is -0.534. The first kappa shape index (κ1) is 26.8. The van der Waals surface area contributed by atoms with Gasteiger partial charge >= 0.3 is 0 Å². The Balaban J connectivity index is 1.76. The van der Waals surface area contributed by atoms with Crippen LogP contribution in [-0.4, -0.2) is 10.3 Å². The van der Waals surface area contributed by atoms with Crippen molar-refractivity contribution in [3.05, 3.63) is 121 Å². The summed E-state index contributed by atoms with van der Waals surface area (Å²) in [6.07, 6.45) is 0. The highest BCUT2D eigenvalue weighted by Gasteiger charge is 2.46. The van der Waals surface area contributed by atoms with Crippen molar-refractivity contribution in [1.29, 1.82) is 0 Å². The smallest absolute Gasteiger partial charge is 0.00424 e. The average Bonchev–Trinajstić information content (AvgIpc) is 2.90. The molecule has 0 aliphatic carbocycles. The van der Waals surface area contributed by atoms with Gasteiger partial charge in [-0.25, -0.2) is 0 Å². The van der Waals surface area contributed by atoms with Gasteiger partial charge in [-0.3, -0.25) is 0 Å². The van der Waals surface area contributed by atoms with Gasteiger partial charge in [-0.05, 0) is 59.2 Å². The molecule has 186 valence electrons. The topological polar surface area (TPSA) is 0 Å². The zero-order valence-electron chi connectivity index (χ0n) is 22.6. The van der Waals surface area contributed by atoms with E-state index in [1.165, 1.54) is 21.2 Å². The van der Waals surface area contributed by atoms with Crippen LogP contribution in [0, 0.1) is 11.8 Å². The van der Waals surface area contributed by atoms with Crippen molar-refractivity contribution >= 4 is 37.1 Å². The molecule has 2 unspecified atom stereocenters. The van der Waals surface area contributed by atoms with Gasteiger partial charge < -0.3 is 0 Å². The number of hydrogen-bond donors (Lipinski definition) is 0. The van der Waals surface area contributed by atoms with Crippen LogP contribution in [0.3, 0.4) is 0 Å². The monoisotopic (exact) mass is 510 g/mol. The Hall–Kier alpha value is -2.26. The van der Waals surface area contributed by atoms with Gasteiger partial charge in [-0.1, -0.05) is 163 Å². The Morgan fingerprint density at radius 2 is 0.583 bits per heavy atom. The number of rotatable bonds is 9. The van der Waals surface area contributed by atoms with Crippen molar-refractivity contribution in [3.63, 3.8) is 0 Å². The maximum absolute atomic E-state index is 2.52. The summed E-state index contributed by atoms with van der Waals surface area (Å²) >= 11 is 0. The standard InChI is InChI=1S/C34H40P2/c1-27(33(3,4)35(29-19-11-7-12-20-29)30-21-13-8-14-22-30)28(2)34(5,6)36(31-23-15-9-16-24-31)32-25-17-10-18-26-32/h7-28H,1-6H3. The zero-order valence-corrected chi connectivity index (χ0v) is 24.4. The summed E-state index contributed by atoms with van der Waals surface area (Å²) in [6.45, 7) is 15.1. The van der Waals surface area contributed by atoms with Crippen molar-refractivity contribution in [2.24, 2.45) is 11.8 Å². The lowest BCUT2D eigenvalue weighted by atomic mass is 9.78. The lowest BCUT2D eigenvalue weighted by Crippen LogP contribution is -2.46. The third-order valence-electron chi connectivity index (χ3n) is 8.19. The van der Waals surface area contributed by atoms with E-state index in [1.807, 2.05) is 0 Å². The molecule has 0 radical (unpaired) electrons. The fourth-order valence-electron chi connectivity index (χ4n) is 5.57. The molecule has 4 aromatic carbocycles. The maximum Gasteiger partial charge on any atom is -0.00424 e. The predicted octanol–water partition coefficient (Wildman–Crippen LogP) is 8.08. The quantitative estimate of drug-likeness (QED) is 0.200. The summed E-state index contributed by atoms with van der Waals surface area (Å²) in [4.78, 5) is 0. The van der Waals surface area contributed by atoms with Crippen molar-refractivity contribution in [3.8, 4) is 0 Å². The molecule has 0 saturated carbocycles. The van der Waals surface area contributed by atoms with Gasteiger partial charge in [-0.2, -0.15) is 0 Å². The molecule has 0 heterocycles. The highest BCUT2D eigenvalue weighted by atomic mass is 31.1. The van der Waals surface area contributed by atoms with E-state index in [9.17, 15) is 0 Å². The lowest BCUT2D eigenvalue weighted by Gasteiger charge is -2.50. The summed E-state index contributed by atoms with van der Waals surface area (Å²) in [5.41, 5.74) is 0. The molecule has 2 heteroatoms. The second-order valence-corrected chi connectivity index (χ2v) is 16.6. The minimum absolute atomic E-state index is 0.114. The van der Waals surface area contributed by atoms with Crippen LogP contribution in [0.2, 0.25) is 0 Å². The molecular weight excluding hydrogens is 470 g/mol. The van der Waals surface area contributed by atoms with E-state index in [0.717, 1.165) is 0 Å². The van der Waals surface area contributed by atoms with Crippen molar-refractivity contribution in [2.45, 2.75) is 51.9 Å². The van der Waals surface area contributed by atoms with E-state index >= 15 is 0 Å². The second kappa shape index (κ2) is 11.4. The molecule has 36 heavy (non-hydrogen) atoms. The van der Waals surface area contributed by atoms with Gasteiger partial charge in [0.1, 0.15) is 0 Å². The molecule has 0 aliphatic rings. The van der Waals surface area contributed by atoms with Gasteiger partial charge in [0.2, 0.25) is 0 Å². The minimum Gasteiger partial charge on any atom is -0.0622 e. The molecule has 0 aliphatic heterocycles. The van der Waals surface area contributed by atoms with Crippen LogP contribution in [-0.2, 0) is 0 Å². The molecule has 4 rings (SSSR count). The van der Waals surface area contributed by atoms with E-state index < -0.39 is 15.8 Å². The largest absolute Gasteiger partial charge is 0.0622 e. The number of hydrogen-bond acceptors (Lipinski definition) is 0. The predicted molar refractivity (Wildman–Crippen MR) is 165 cm³/mol. The summed E-state index contributed by atoms with van der Waals surface area (Å²) in [5.74, 6) is 1.02. The highest BCUT2D eigenvalue weighted by molar-refractivity contribution is 7.75. The summed E-state index contributed by atoms with van der Waals surface area (Å²) in [5, 5.41) is 6.09. The third-order valence-corrected chi connectivity index (χ3v) is 14.6. The van der Waals surface area contributed by atoms with Crippen LogP contribution >= 0.6 is 15.8 Å². The summed E-state index contributed by atoms with van der Waals surface area (Å²) in [7, 11) is -1.07. The molecule has 0 nitrogen and oxygen atoms in total. The summed E-state index contributed by atoms with van der Waals surface area (Å²) in [6, 6.07) is 44.8. The molecule has 0 saturated heterocycles. The molecule has 0 spiro atoms. The lowest BCUT2D eigenvalue weighted by molar-refractivity contribution is 0.272. The van der Waals surface area contributed by atoms with Crippen molar-refractivity contribution < 1.29 is 0 Å². The second-order valence-electron chi connectivity index (χ2n) is 10.9.